The van der Waals surface area contributed by atoms with Crippen molar-refractivity contribution < 1.29 is 13.5 Å². The van der Waals surface area contributed by atoms with Crippen LogP contribution in [0.2, 0.25) is 4.34 Å². The zero-order valence-electron chi connectivity index (χ0n) is 11.5. The van der Waals surface area contributed by atoms with Crippen LogP contribution in [0.1, 0.15) is 23.4 Å². The van der Waals surface area contributed by atoms with Gasteiger partial charge in [0, 0.05) is 17.3 Å². The Kier molecular flexibility index (Phi) is 5.96. The lowest BCUT2D eigenvalue weighted by atomic mass is 10.0. The minimum Gasteiger partial charge on any atom is -0.435 e. The second-order valence-corrected chi connectivity index (χ2v) is 6.27. The van der Waals surface area contributed by atoms with Gasteiger partial charge in [0.15, 0.2) is 0 Å². The molecule has 2 rings (SSSR count). The van der Waals surface area contributed by atoms with Crippen molar-refractivity contribution in [2.75, 3.05) is 6.54 Å². The predicted molar refractivity (Wildman–Crippen MR) is 82.5 cm³/mol. The Hall–Kier alpha value is -1.17. The molecule has 0 radical (unpaired) electrons. The van der Waals surface area contributed by atoms with Crippen LogP contribution in [0.3, 0.4) is 0 Å². The quantitative estimate of drug-likeness (QED) is 0.779. The summed E-state index contributed by atoms with van der Waals surface area (Å²) >= 11 is 7.47. The van der Waals surface area contributed by atoms with Crippen molar-refractivity contribution in [2.24, 2.45) is 0 Å². The molecule has 6 heteroatoms. The van der Waals surface area contributed by atoms with Gasteiger partial charge in [0.2, 0.25) is 0 Å². The second kappa shape index (κ2) is 7.73. The Balaban J connectivity index is 2.17. The maximum absolute atomic E-state index is 12.3. The van der Waals surface area contributed by atoms with E-state index in [0.717, 1.165) is 27.7 Å². The summed E-state index contributed by atoms with van der Waals surface area (Å²) in [5.74, 6) is 0.176. The molecule has 1 N–H and O–H groups in total. The molecular formula is C15H16ClF2NOS. The van der Waals surface area contributed by atoms with Crippen LogP contribution < -0.4 is 10.1 Å². The van der Waals surface area contributed by atoms with E-state index in [-0.39, 0.29) is 11.8 Å². The van der Waals surface area contributed by atoms with Crippen LogP contribution in [0.5, 0.6) is 5.75 Å². The molecule has 1 heterocycles. The first kappa shape index (κ1) is 16.2. The minimum atomic E-state index is -2.81. The zero-order chi connectivity index (χ0) is 15.2. The van der Waals surface area contributed by atoms with Crippen molar-refractivity contribution >= 4 is 22.9 Å². The highest BCUT2D eigenvalue weighted by atomic mass is 35.5. The summed E-state index contributed by atoms with van der Waals surface area (Å²) in [6.45, 7) is -0.0219. The Labute approximate surface area is 131 Å². The monoisotopic (exact) mass is 331 g/mol. The normalized spacial score (nSPS) is 12.6. The largest absolute Gasteiger partial charge is 0.435 e. The molecule has 0 aliphatic rings. The van der Waals surface area contributed by atoms with Gasteiger partial charge in [-0.25, -0.2) is 0 Å². The Morgan fingerprint density at radius 1 is 1.29 bits per heavy atom. The fourth-order valence-corrected chi connectivity index (χ4v) is 3.26. The number of likely N-dealkylation sites (N-methyl/N-ethyl adjacent to an activating group) is 1. The van der Waals surface area contributed by atoms with Gasteiger partial charge in [-0.2, -0.15) is 8.78 Å². The minimum absolute atomic E-state index is 0.0333. The summed E-state index contributed by atoms with van der Waals surface area (Å²) in [5, 5.41) is 3.36. The highest BCUT2D eigenvalue weighted by Crippen LogP contribution is 2.28. The highest BCUT2D eigenvalue weighted by Gasteiger charge is 2.14. The van der Waals surface area contributed by atoms with Gasteiger partial charge < -0.3 is 10.1 Å². The maximum atomic E-state index is 12.3. The smallest absolute Gasteiger partial charge is 0.387 e. The van der Waals surface area contributed by atoms with E-state index in [1.165, 1.54) is 17.4 Å². The molecule has 0 aliphatic heterocycles. The molecule has 0 spiro atoms. The van der Waals surface area contributed by atoms with Gasteiger partial charge in [-0.1, -0.05) is 30.7 Å². The van der Waals surface area contributed by atoms with Gasteiger partial charge in [0.1, 0.15) is 5.75 Å². The SMILES string of the molecule is CCNC(Cc1ccc(Cl)s1)c1cccc(OC(F)F)c1. The third-order valence-corrected chi connectivity index (χ3v) is 4.22. The fraction of sp³-hybridized carbons (Fsp3) is 0.333. The maximum Gasteiger partial charge on any atom is 0.387 e. The summed E-state index contributed by atoms with van der Waals surface area (Å²) in [6, 6.07) is 10.7. The highest BCUT2D eigenvalue weighted by molar-refractivity contribution is 7.16. The standard InChI is InChI=1S/C15H16ClF2NOS/c1-2-19-13(9-12-6-7-14(16)21-12)10-4-3-5-11(8-10)20-15(17)18/h3-8,13,15,19H,2,9H2,1H3. The van der Waals surface area contributed by atoms with E-state index >= 15 is 0 Å². The number of ether oxygens (including phenoxy) is 1. The molecule has 1 atom stereocenters. The molecular weight excluding hydrogens is 316 g/mol. The molecule has 1 unspecified atom stereocenters. The van der Waals surface area contributed by atoms with E-state index in [1.807, 2.05) is 25.1 Å². The van der Waals surface area contributed by atoms with Crippen molar-refractivity contribution in [3.8, 4) is 5.75 Å². The molecule has 2 aromatic rings. The molecule has 0 fully saturated rings. The number of hydrogen-bond donors (Lipinski definition) is 1. The van der Waals surface area contributed by atoms with E-state index in [4.69, 9.17) is 11.6 Å². The zero-order valence-corrected chi connectivity index (χ0v) is 13.1. The van der Waals surface area contributed by atoms with E-state index in [2.05, 4.69) is 10.1 Å². The molecule has 2 nitrogen and oxygen atoms in total. The van der Waals surface area contributed by atoms with Crippen LogP contribution in [0.4, 0.5) is 8.78 Å². The first-order valence-corrected chi connectivity index (χ1v) is 7.80. The summed E-state index contributed by atoms with van der Waals surface area (Å²) in [5.41, 5.74) is 0.916. The Morgan fingerprint density at radius 3 is 2.71 bits per heavy atom. The lowest BCUT2D eigenvalue weighted by molar-refractivity contribution is -0.0499. The van der Waals surface area contributed by atoms with Crippen LogP contribution in [-0.4, -0.2) is 13.2 Å². The second-order valence-electron chi connectivity index (χ2n) is 4.47. The third-order valence-electron chi connectivity index (χ3n) is 2.97. The van der Waals surface area contributed by atoms with Gasteiger partial charge >= 0.3 is 6.61 Å². The molecule has 0 bridgehead atoms. The van der Waals surface area contributed by atoms with Crippen molar-refractivity contribution in [1.29, 1.82) is 0 Å². The molecule has 0 aliphatic carbocycles. The number of hydrogen-bond acceptors (Lipinski definition) is 3. The predicted octanol–water partition coefficient (Wildman–Crippen LogP) is 4.90. The van der Waals surface area contributed by atoms with Gasteiger partial charge in [-0.05, 0) is 36.4 Å². The summed E-state index contributed by atoms with van der Waals surface area (Å²) in [7, 11) is 0. The summed E-state index contributed by atoms with van der Waals surface area (Å²) < 4.78 is 29.8. The number of alkyl halides is 2. The van der Waals surface area contributed by atoms with Crippen LogP contribution in [0, 0.1) is 0 Å². The van der Waals surface area contributed by atoms with Crippen LogP contribution in [0.15, 0.2) is 36.4 Å². The molecule has 0 amide bonds. The molecule has 1 aromatic heterocycles. The van der Waals surface area contributed by atoms with Gasteiger partial charge in [-0.3, -0.25) is 0 Å². The van der Waals surface area contributed by atoms with Gasteiger partial charge in [-0.15, -0.1) is 11.3 Å². The van der Waals surface area contributed by atoms with Gasteiger partial charge in [0.25, 0.3) is 0 Å². The Bertz CT molecular complexity index is 576. The van der Waals surface area contributed by atoms with Crippen molar-refractivity contribution in [3.05, 3.63) is 51.2 Å². The summed E-state index contributed by atoms with van der Waals surface area (Å²) in [6.07, 6.45) is 0.753. The Morgan fingerprint density at radius 2 is 2.10 bits per heavy atom. The number of benzene rings is 1. The van der Waals surface area contributed by atoms with Crippen molar-refractivity contribution in [2.45, 2.75) is 26.0 Å². The summed E-state index contributed by atoms with van der Waals surface area (Å²) in [4.78, 5) is 1.14. The van der Waals surface area contributed by atoms with E-state index in [9.17, 15) is 8.78 Å². The van der Waals surface area contributed by atoms with E-state index in [1.54, 1.807) is 12.1 Å². The topological polar surface area (TPSA) is 21.3 Å². The number of thiophene rings is 1. The average molecular weight is 332 g/mol. The van der Waals surface area contributed by atoms with E-state index < -0.39 is 6.61 Å². The average Bonchev–Trinajstić information content (AvgIpc) is 2.83. The van der Waals surface area contributed by atoms with Crippen LogP contribution >= 0.6 is 22.9 Å². The number of halogens is 3. The van der Waals surface area contributed by atoms with Gasteiger partial charge in [0.05, 0.1) is 4.34 Å². The number of rotatable bonds is 7. The van der Waals surface area contributed by atoms with Crippen LogP contribution in [-0.2, 0) is 6.42 Å². The molecule has 0 saturated carbocycles. The molecule has 1 aromatic carbocycles. The fourth-order valence-electron chi connectivity index (χ4n) is 2.12. The third kappa shape index (κ3) is 4.95. The lowest BCUT2D eigenvalue weighted by Crippen LogP contribution is -2.22. The van der Waals surface area contributed by atoms with E-state index in [0.29, 0.717) is 0 Å². The molecule has 21 heavy (non-hydrogen) atoms. The van der Waals surface area contributed by atoms with Crippen LogP contribution in [0.25, 0.3) is 0 Å². The first-order chi connectivity index (χ1) is 10.1. The first-order valence-electron chi connectivity index (χ1n) is 6.61. The van der Waals surface area contributed by atoms with Crippen molar-refractivity contribution in [3.63, 3.8) is 0 Å². The van der Waals surface area contributed by atoms with Crippen molar-refractivity contribution in [1.82, 2.24) is 5.32 Å². The molecule has 0 saturated heterocycles. The molecule has 114 valence electrons. The number of nitrogens with one attached hydrogen (secondary N) is 1. The lowest BCUT2D eigenvalue weighted by Gasteiger charge is -2.18.